The molecule has 0 spiro atoms. The number of hydrogen-bond acceptors (Lipinski definition) is 1. The molecule has 0 unspecified atom stereocenters. The van der Waals surface area contributed by atoms with Crippen molar-refractivity contribution < 1.29 is 4.79 Å². The Bertz CT molecular complexity index is 102. The van der Waals surface area contributed by atoms with E-state index in [0.717, 1.165) is 12.8 Å². The predicted octanol–water partition coefficient (Wildman–Crippen LogP) is 1.09. The Morgan fingerprint density at radius 1 is 1.60 bits per heavy atom. The van der Waals surface area contributed by atoms with Crippen molar-refractivity contribution in [1.82, 2.24) is 5.32 Å². The average Bonchev–Trinajstić information content (AvgIpc) is 1.79. The van der Waals surface area contributed by atoms with Crippen LogP contribution in [0, 0.1) is 5.92 Å². The highest BCUT2D eigenvalue weighted by molar-refractivity contribution is 5.71. The Morgan fingerprint density at radius 2 is 2.20 bits per heavy atom. The van der Waals surface area contributed by atoms with E-state index in [1.54, 1.807) is 0 Å². The summed E-state index contributed by atoms with van der Waals surface area (Å²) in [6.07, 6.45) is 2.15. The van der Waals surface area contributed by atoms with Crippen LogP contribution >= 0.6 is 0 Å². The van der Waals surface area contributed by atoms with Crippen molar-refractivity contribution in [3.8, 4) is 0 Å². The summed E-state index contributed by atoms with van der Waals surface area (Å²) in [4.78, 5) is 10.2. The van der Waals surface area contributed by atoms with Gasteiger partial charge in [-0.15, -0.1) is 0 Å². The first-order valence-electron chi connectivity index (χ1n) is 3.66. The Hall–Kier alpha value is -0.730. The van der Waals surface area contributed by atoms with Crippen LogP contribution in [0.2, 0.25) is 0 Å². The molecule has 10 heavy (non-hydrogen) atoms. The summed E-state index contributed by atoms with van der Waals surface area (Å²) in [5, 5.41) is 2.54. The predicted molar refractivity (Wildman–Crippen MR) is 41.7 cm³/mol. The van der Waals surface area contributed by atoms with Gasteiger partial charge in [0.15, 0.2) is 0 Å². The highest BCUT2D eigenvalue weighted by Crippen LogP contribution is 2.01. The fourth-order valence-electron chi connectivity index (χ4n) is 0.722. The van der Waals surface area contributed by atoms with Crippen molar-refractivity contribution in [2.24, 2.45) is 11.7 Å². The van der Waals surface area contributed by atoms with Gasteiger partial charge in [0.05, 0.1) is 0 Å². The minimum Gasteiger partial charge on any atom is -0.352 e. The maximum atomic E-state index is 10.2. The first-order valence-corrected chi connectivity index (χ1v) is 3.66. The lowest BCUT2D eigenvalue weighted by Crippen LogP contribution is -2.30. The van der Waals surface area contributed by atoms with Gasteiger partial charge in [0.1, 0.15) is 0 Å². The maximum absolute atomic E-state index is 10.2. The molecule has 2 amide bonds. The molecule has 0 aromatic rings. The normalized spacial score (nSPS) is 9.90. The molecule has 0 atom stereocenters. The standard InChI is InChI=1S/C7H16N2O/c1-6(2)4-3-5-9-7(8)10/h6H,3-5H2,1-2H3,(H3,8,9,10). The van der Waals surface area contributed by atoms with Crippen LogP contribution in [0.1, 0.15) is 26.7 Å². The zero-order valence-corrected chi connectivity index (χ0v) is 6.68. The van der Waals surface area contributed by atoms with Gasteiger partial charge in [-0.05, 0) is 18.8 Å². The monoisotopic (exact) mass is 144 g/mol. The second-order valence-electron chi connectivity index (χ2n) is 2.83. The van der Waals surface area contributed by atoms with E-state index in [0.29, 0.717) is 12.5 Å². The molecule has 3 N–H and O–H groups in total. The summed E-state index contributed by atoms with van der Waals surface area (Å²) >= 11 is 0. The summed E-state index contributed by atoms with van der Waals surface area (Å²) < 4.78 is 0. The molecule has 60 valence electrons. The number of carbonyl (C=O) groups excluding carboxylic acids is 1. The molecule has 0 radical (unpaired) electrons. The molecule has 0 aromatic carbocycles. The van der Waals surface area contributed by atoms with E-state index in [1.807, 2.05) is 0 Å². The summed E-state index contributed by atoms with van der Waals surface area (Å²) in [7, 11) is 0. The van der Waals surface area contributed by atoms with Crippen LogP contribution in [0.5, 0.6) is 0 Å². The molecule has 3 nitrogen and oxygen atoms in total. The van der Waals surface area contributed by atoms with E-state index >= 15 is 0 Å². The largest absolute Gasteiger partial charge is 0.352 e. The number of urea groups is 1. The van der Waals surface area contributed by atoms with Crippen molar-refractivity contribution >= 4 is 6.03 Å². The zero-order chi connectivity index (χ0) is 7.98. The van der Waals surface area contributed by atoms with Gasteiger partial charge in [0, 0.05) is 6.54 Å². The van der Waals surface area contributed by atoms with Gasteiger partial charge in [-0.25, -0.2) is 4.79 Å². The van der Waals surface area contributed by atoms with E-state index in [1.165, 1.54) is 0 Å². The van der Waals surface area contributed by atoms with E-state index < -0.39 is 6.03 Å². The first-order chi connectivity index (χ1) is 4.63. The van der Waals surface area contributed by atoms with Crippen LogP contribution in [0.3, 0.4) is 0 Å². The minimum atomic E-state index is -0.427. The third kappa shape index (κ3) is 7.27. The summed E-state index contributed by atoms with van der Waals surface area (Å²) in [5.74, 6) is 0.703. The molecule has 0 saturated carbocycles. The number of rotatable bonds is 4. The van der Waals surface area contributed by atoms with Crippen LogP contribution in [0.4, 0.5) is 4.79 Å². The van der Waals surface area contributed by atoms with Crippen LogP contribution in [-0.4, -0.2) is 12.6 Å². The topological polar surface area (TPSA) is 55.1 Å². The lowest BCUT2D eigenvalue weighted by atomic mass is 10.1. The fourth-order valence-corrected chi connectivity index (χ4v) is 0.722. The van der Waals surface area contributed by atoms with Crippen molar-refractivity contribution in [2.75, 3.05) is 6.54 Å². The minimum absolute atomic E-state index is 0.427. The molecule has 0 heterocycles. The number of nitrogens with two attached hydrogens (primary N) is 1. The highest BCUT2D eigenvalue weighted by Gasteiger charge is 1.94. The van der Waals surface area contributed by atoms with Crippen LogP contribution in [-0.2, 0) is 0 Å². The molecule has 0 bridgehead atoms. The van der Waals surface area contributed by atoms with Crippen molar-refractivity contribution in [3.63, 3.8) is 0 Å². The van der Waals surface area contributed by atoms with E-state index in [4.69, 9.17) is 5.73 Å². The molecular weight excluding hydrogens is 128 g/mol. The van der Waals surface area contributed by atoms with Crippen molar-refractivity contribution in [2.45, 2.75) is 26.7 Å². The molecule has 0 fully saturated rings. The molecule has 0 aliphatic carbocycles. The smallest absolute Gasteiger partial charge is 0.312 e. The fraction of sp³-hybridized carbons (Fsp3) is 0.857. The van der Waals surface area contributed by atoms with Gasteiger partial charge in [0.2, 0.25) is 0 Å². The lowest BCUT2D eigenvalue weighted by molar-refractivity contribution is 0.248. The molecule has 0 saturated heterocycles. The van der Waals surface area contributed by atoms with E-state index in [-0.39, 0.29) is 0 Å². The maximum Gasteiger partial charge on any atom is 0.312 e. The molecule has 3 heteroatoms. The summed E-state index contributed by atoms with van der Waals surface area (Å²) in [6, 6.07) is -0.427. The highest BCUT2D eigenvalue weighted by atomic mass is 16.2. The third-order valence-electron chi connectivity index (χ3n) is 1.26. The number of carbonyl (C=O) groups is 1. The van der Waals surface area contributed by atoms with Crippen molar-refractivity contribution in [1.29, 1.82) is 0 Å². The lowest BCUT2D eigenvalue weighted by Gasteiger charge is -2.03. The van der Waals surface area contributed by atoms with Crippen LogP contribution in [0.25, 0.3) is 0 Å². The van der Waals surface area contributed by atoms with Crippen LogP contribution < -0.4 is 11.1 Å². The Kier molecular flexibility index (Phi) is 4.72. The molecule has 0 rings (SSSR count). The quantitative estimate of drug-likeness (QED) is 0.570. The second kappa shape index (κ2) is 5.09. The molecule has 0 aliphatic rings. The Labute approximate surface area is 62.0 Å². The van der Waals surface area contributed by atoms with Crippen LogP contribution in [0.15, 0.2) is 0 Å². The van der Waals surface area contributed by atoms with Gasteiger partial charge >= 0.3 is 6.03 Å². The van der Waals surface area contributed by atoms with Gasteiger partial charge in [0.25, 0.3) is 0 Å². The molecule has 0 aromatic heterocycles. The molecule has 0 aliphatic heterocycles. The second-order valence-corrected chi connectivity index (χ2v) is 2.83. The Morgan fingerprint density at radius 3 is 2.60 bits per heavy atom. The molecular formula is C7H16N2O. The van der Waals surface area contributed by atoms with E-state index in [9.17, 15) is 4.79 Å². The summed E-state index contributed by atoms with van der Waals surface area (Å²) in [5.41, 5.74) is 4.86. The first kappa shape index (κ1) is 9.27. The third-order valence-corrected chi connectivity index (χ3v) is 1.26. The number of primary amides is 1. The van der Waals surface area contributed by atoms with Gasteiger partial charge in [-0.1, -0.05) is 13.8 Å². The van der Waals surface area contributed by atoms with Gasteiger partial charge in [-0.2, -0.15) is 0 Å². The van der Waals surface area contributed by atoms with Gasteiger partial charge in [-0.3, -0.25) is 0 Å². The number of amides is 2. The Balaban J connectivity index is 2.98. The summed E-state index contributed by atoms with van der Waals surface area (Å²) in [6.45, 7) is 5.02. The number of nitrogens with one attached hydrogen (secondary N) is 1. The SMILES string of the molecule is CC(C)CCCNC(N)=O. The zero-order valence-electron chi connectivity index (χ0n) is 6.68. The van der Waals surface area contributed by atoms with Crippen molar-refractivity contribution in [3.05, 3.63) is 0 Å². The average molecular weight is 144 g/mol. The number of hydrogen-bond donors (Lipinski definition) is 2. The van der Waals surface area contributed by atoms with E-state index in [2.05, 4.69) is 19.2 Å². The van der Waals surface area contributed by atoms with Gasteiger partial charge < -0.3 is 11.1 Å².